The summed E-state index contributed by atoms with van der Waals surface area (Å²) in [6.45, 7) is 7.82. The Labute approximate surface area is 102 Å². The highest BCUT2D eigenvalue weighted by molar-refractivity contribution is 7.11. The summed E-state index contributed by atoms with van der Waals surface area (Å²) in [5.41, 5.74) is 0. The van der Waals surface area contributed by atoms with E-state index in [4.69, 9.17) is 0 Å². The first-order chi connectivity index (χ1) is 7.66. The fraction of sp³-hybridized carbons (Fsp3) is 0.769. The topological polar surface area (TPSA) is 24.9 Å². The zero-order chi connectivity index (χ0) is 11.5. The van der Waals surface area contributed by atoms with Gasteiger partial charge in [0.15, 0.2) is 0 Å². The molecule has 0 radical (unpaired) electrons. The molecule has 1 aliphatic rings. The molecule has 0 amide bonds. The summed E-state index contributed by atoms with van der Waals surface area (Å²) < 4.78 is 0. The van der Waals surface area contributed by atoms with E-state index in [0.717, 1.165) is 18.4 Å². The number of aryl methyl sites for hydroxylation is 1. The maximum atomic E-state index is 4.30. The Morgan fingerprint density at radius 1 is 1.38 bits per heavy atom. The molecule has 0 saturated heterocycles. The van der Waals surface area contributed by atoms with Crippen molar-refractivity contribution < 1.29 is 0 Å². The van der Waals surface area contributed by atoms with Crippen LogP contribution in [0.1, 0.15) is 43.0 Å². The van der Waals surface area contributed by atoms with E-state index >= 15 is 0 Å². The van der Waals surface area contributed by atoms with Crippen LogP contribution in [0, 0.1) is 18.8 Å². The molecule has 0 aromatic carbocycles. The van der Waals surface area contributed by atoms with Gasteiger partial charge in [-0.1, -0.05) is 20.3 Å². The average Bonchev–Trinajstić information content (AvgIpc) is 2.63. The molecule has 16 heavy (non-hydrogen) atoms. The predicted molar refractivity (Wildman–Crippen MR) is 69.7 cm³/mol. The van der Waals surface area contributed by atoms with E-state index in [1.54, 1.807) is 11.3 Å². The molecular formula is C13H22N2S. The van der Waals surface area contributed by atoms with Crippen molar-refractivity contribution in [3.63, 3.8) is 0 Å². The highest BCUT2D eigenvalue weighted by Gasteiger charge is 2.26. The Bertz CT molecular complexity index is 324. The van der Waals surface area contributed by atoms with Gasteiger partial charge in [-0.05, 0) is 31.6 Å². The van der Waals surface area contributed by atoms with Crippen molar-refractivity contribution in [2.24, 2.45) is 11.8 Å². The first-order valence-electron chi connectivity index (χ1n) is 6.31. The van der Waals surface area contributed by atoms with E-state index in [1.807, 2.05) is 6.20 Å². The summed E-state index contributed by atoms with van der Waals surface area (Å²) >= 11 is 1.81. The quantitative estimate of drug-likeness (QED) is 0.873. The number of aromatic nitrogens is 1. The monoisotopic (exact) mass is 238 g/mol. The summed E-state index contributed by atoms with van der Waals surface area (Å²) in [5, 5.41) is 4.89. The van der Waals surface area contributed by atoms with Crippen molar-refractivity contribution >= 4 is 11.3 Å². The molecule has 0 bridgehead atoms. The smallest absolute Gasteiger partial charge is 0.0897 e. The van der Waals surface area contributed by atoms with Gasteiger partial charge in [0.2, 0.25) is 0 Å². The lowest BCUT2D eigenvalue weighted by Gasteiger charge is -2.35. The number of rotatable bonds is 3. The minimum Gasteiger partial charge on any atom is -0.309 e. The van der Waals surface area contributed by atoms with Crippen molar-refractivity contribution in [2.45, 2.75) is 52.6 Å². The molecule has 1 aromatic heterocycles. The summed E-state index contributed by atoms with van der Waals surface area (Å²) in [7, 11) is 0. The van der Waals surface area contributed by atoms with Crippen LogP contribution in [0.4, 0.5) is 0 Å². The maximum Gasteiger partial charge on any atom is 0.0897 e. The number of nitrogens with zero attached hydrogens (tertiary/aromatic N) is 1. The average molecular weight is 238 g/mol. The molecule has 1 aliphatic carbocycles. The van der Waals surface area contributed by atoms with Gasteiger partial charge in [0, 0.05) is 23.7 Å². The lowest BCUT2D eigenvalue weighted by atomic mass is 9.79. The second kappa shape index (κ2) is 5.28. The Morgan fingerprint density at radius 2 is 2.06 bits per heavy atom. The summed E-state index contributed by atoms with van der Waals surface area (Å²) in [4.78, 5) is 5.66. The fourth-order valence-corrected chi connectivity index (χ4v) is 3.54. The summed E-state index contributed by atoms with van der Waals surface area (Å²) in [6.07, 6.45) is 6.17. The highest BCUT2D eigenvalue weighted by atomic mass is 32.1. The van der Waals surface area contributed by atoms with Gasteiger partial charge < -0.3 is 5.32 Å². The molecule has 90 valence electrons. The van der Waals surface area contributed by atoms with Crippen molar-refractivity contribution in [1.29, 1.82) is 0 Å². The van der Waals surface area contributed by atoms with Gasteiger partial charge >= 0.3 is 0 Å². The van der Waals surface area contributed by atoms with E-state index in [0.29, 0.717) is 6.04 Å². The standard InChI is InChI=1S/C13H22N2S/c1-9-5-4-6-10(2)13(9)15-8-12-7-14-11(3)16-12/h7,9-10,13,15H,4-6,8H2,1-3H3. The third-order valence-corrected chi connectivity index (χ3v) is 4.64. The molecule has 3 heteroatoms. The zero-order valence-electron chi connectivity index (χ0n) is 10.5. The van der Waals surface area contributed by atoms with Crippen molar-refractivity contribution in [3.05, 3.63) is 16.1 Å². The second-order valence-electron chi connectivity index (χ2n) is 5.14. The van der Waals surface area contributed by atoms with E-state index < -0.39 is 0 Å². The molecule has 1 aromatic rings. The van der Waals surface area contributed by atoms with Crippen molar-refractivity contribution in [1.82, 2.24) is 10.3 Å². The lowest BCUT2D eigenvalue weighted by molar-refractivity contribution is 0.208. The molecule has 2 atom stereocenters. The Kier molecular flexibility index (Phi) is 3.98. The molecule has 2 rings (SSSR count). The van der Waals surface area contributed by atoms with Crippen LogP contribution in [-0.2, 0) is 6.54 Å². The van der Waals surface area contributed by atoms with Gasteiger partial charge in [0.1, 0.15) is 0 Å². The minimum atomic E-state index is 0.691. The summed E-state index contributed by atoms with van der Waals surface area (Å²) in [6, 6.07) is 0.691. The van der Waals surface area contributed by atoms with Crippen molar-refractivity contribution in [2.75, 3.05) is 0 Å². The predicted octanol–water partition coefficient (Wildman–Crippen LogP) is 3.37. The summed E-state index contributed by atoms with van der Waals surface area (Å²) in [5.74, 6) is 1.63. The Morgan fingerprint density at radius 3 is 2.62 bits per heavy atom. The van der Waals surface area contributed by atoms with E-state index in [1.165, 1.54) is 29.1 Å². The third-order valence-electron chi connectivity index (χ3n) is 3.73. The van der Waals surface area contributed by atoms with E-state index in [9.17, 15) is 0 Å². The molecule has 1 fully saturated rings. The number of hydrogen-bond acceptors (Lipinski definition) is 3. The first kappa shape index (κ1) is 12.1. The molecule has 1 N–H and O–H groups in total. The van der Waals surface area contributed by atoms with Crippen LogP contribution < -0.4 is 5.32 Å². The SMILES string of the molecule is Cc1ncc(CNC2C(C)CCCC2C)s1. The normalized spacial score (nSPS) is 30.6. The van der Waals surface area contributed by atoms with Gasteiger partial charge in [0.05, 0.1) is 5.01 Å². The Balaban J connectivity index is 1.88. The molecule has 2 unspecified atom stereocenters. The van der Waals surface area contributed by atoms with E-state index in [-0.39, 0.29) is 0 Å². The second-order valence-corrected chi connectivity index (χ2v) is 6.46. The van der Waals surface area contributed by atoms with Gasteiger partial charge in [-0.2, -0.15) is 0 Å². The fourth-order valence-electron chi connectivity index (χ4n) is 2.79. The Hall–Kier alpha value is -0.410. The zero-order valence-corrected chi connectivity index (χ0v) is 11.3. The highest BCUT2D eigenvalue weighted by Crippen LogP contribution is 2.29. The molecule has 2 nitrogen and oxygen atoms in total. The van der Waals surface area contributed by atoms with Crippen LogP contribution in [0.15, 0.2) is 6.20 Å². The number of thiazole rings is 1. The van der Waals surface area contributed by atoms with Gasteiger partial charge in [-0.25, -0.2) is 4.98 Å². The van der Waals surface area contributed by atoms with Crippen LogP contribution >= 0.6 is 11.3 Å². The van der Waals surface area contributed by atoms with Gasteiger partial charge in [0.25, 0.3) is 0 Å². The first-order valence-corrected chi connectivity index (χ1v) is 7.13. The van der Waals surface area contributed by atoms with Crippen LogP contribution in [0.25, 0.3) is 0 Å². The van der Waals surface area contributed by atoms with Crippen LogP contribution in [-0.4, -0.2) is 11.0 Å². The molecular weight excluding hydrogens is 216 g/mol. The van der Waals surface area contributed by atoms with Gasteiger partial charge in [-0.15, -0.1) is 11.3 Å². The number of nitrogens with one attached hydrogen (secondary N) is 1. The van der Waals surface area contributed by atoms with Crippen LogP contribution in [0.3, 0.4) is 0 Å². The van der Waals surface area contributed by atoms with Crippen molar-refractivity contribution in [3.8, 4) is 0 Å². The minimum absolute atomic E-state index is 0.691. The number of hydrogen-bond donors (Lipinski definition) is 1. The van der Waals surface area contributed by atoms with Crippen LogP contribution in [0.2, 0.25) is 0 Å². The van der Waals surface area contributed by atoms with Crippen LogP contribution in [0.5, 0.6) is 0 Å². The molecule has 0 spiro atoms. The third kappa shape index (κ3) is 2.83. The largest absolute Gasteiger partial charge is 0.309 e. The molecule has 1 saturated carbocycles. The molecule has 1 heterocycles. The molecule has 0 aliphatic heterocycles. The van der Waals surface area contributed by atoms with E-state index in [2.05, 4.69) is 31.1 Å². The lowest BCUT2D eigenvalue weighted by Crippen LogP contribution is -2.42. The maximum absolute atomic E-state index is 4.30. The van der Waals surface area contributed by atoms with Gasteiger partial charge in [-0.3, -0.25) is 0 Å².